The second-order valence-corrected chi connectivity index (χ2v) is 11.0. The van der Waals surface area contributed by atoms with Gasteiger partial charge in [-0.05, 0) is 35.4 Å². The summed E-state index contributed by atoms with van der Waals surface area (Å²) in [6, 6.07) is 32.0. The van der Waals surface area contributed by atoms with Gasteiger partial charge in [-0.25, -0.2) is 9.59 Å². The van der Waals surface area contributed by atoms with Crippen LogP contribution in [0, 0.1) is 0 Å². The first-order chi connectivity index (χ1) is 21.5. The van der Waals surface area contributed by atoms with Crippen LogP contribution in [0.5, 0.6) is 11.5 Å². The molecule has 7 rings (SSSR count). The molecule has 6 aromatic rings. The Morgan fingerprint density at radius 1 is 0.500 bits per heavy atom. The molecule has 8 heteroatoms. The summed E-state index contributed by atoms with van der Waals surface area (Å²) < 4.78 is 11.4. The van der Waals surface area contributed by atoms with Crippen molar-refractivity contribution >= 4 is 21.9 Å². The van der Waals surface area contributed by atoms with Crippen LogP contribution in [0.15, 0.2) is 128 Å². The fourth-order valence-electron chi connectivity index (χ4n) is 6.42. The number of fused-ring (bicyclic) bond motifs is 2. The molecule has 1 aliphatic heterocycles. The average Bonchev–Trinajstić information content (AvgIpc) is 3.06. The number of benzene rings is 4. The third-order valence-electron chi connectivity index (χ3n) is 8.50. The molecule has 2 unspecified atom stereocenters. The molecule has 220 valence electrons. The summed E-state index contributed by atoms with van der Waals surface area (Å²) in [6.45, 7) is 2.03. The van der Waals surface area contributed by atoms with Gasteiger partial charge in [0.05, 0.1) is 22.9 Å². The fourth-order valence-corrected chi connectivity index (χ4v) is 6.42. The molecular weight excluding hydrogens is 556 g/mol. The topological polar surface area (TPSA) is 107 Å². The van der Waals surface area contributed by atoms with Gasteiger partial charge in [0.15, 0.2) is 0 Å². The van der Waals surface area contributed by atoms with Crippen molar-refractivity contribution in [2.24, 2.45) is 0 Å². The number of nitrogens with zero attached hydrogens (tertiary/aromatic N) is 2. The third kappa shape index (κ3) is 4.84. The van der Waals surface area contributed by atoms with Gasteiger partial charge in [0.25, 0.3) is 0 Å². The van der Waals surface area contributed by atoms with Crippen molar-refractivity contribution in [2.45, 2.75) is 12.1 Å². The lowest BCUT2D eigenvalue weighted by Gasteiger charge is -2.42. The van der Waals surface area contributed by atoms with E-state index in [9.17, 15) is 19.8 Å². The highest BCUT2D eigenvalue weighted by Crippen LogP contribution is 2.40. The first-order valence-electron chi connectivity index (χ1n) is 14.6. The van der Waals surface area contributed by atoms with E-state index in [2.05, 4.69) is 9.80 Å². The smallest absolute Gasteiger partial charge is 0.345 e. The molecule has 0 aliphatic carbocycles. The molecule has 0 spiro atoms. The quantitative estimate of drug-likeness (QED) is 0.236. The van der Waals surface area contributed by atoms with Gasteiger partial charge in [0.2, 0.25) is 0 Å². The number of rotatable bonds is 6. The fraction of sp³-hybridized carbons (Fsp3) is 0.167. The summed E-state index contributed by atoms with van der Waals surface area (Å²) in [4.78, 5) is 31.1. The summed E-state index contributed by atoms with van der Waals surface area (Å²) >= 11 is 0. The van der Waals surface area contributed by atoms with Crippen molar-refractivity contribution in [2.75, 3.05) is 26.2 Å². The molecule has 44 heavy (non-hydrogen) atoms. The van der Waals surface area contributed by atoms with Crippen molar-refractivity contribution in [1.29, 1.82) is 0 Å². The van der Waals surface area contributed by atoms with Crippen LogP contribution in [0.1, 0.15) is 34.3 Å². The average molecular weight is 587 g/mol. The van der Waals surface area contributed by atoms with Crippen LogP contribution in [0.2, 0.25) is 0 Å². The van der Waals surface area contributed by atoms with Gasteiger partial charge >= 0.3 is 11.3 Å². The maximum absolute atomic E-state index is 13.4. The molecule has 1 saturated heterocycles. The minimum atomic E-state index is -0.585. The van der Waals surface area contributed by atoms with Crippen LogP contribution in [0.3, 0.4) is 0 Å². The first kappa shape index (κ1) is 27.6. The Morgan fingerprint density at radius 3 is 1.23 bits per heavy atom. The second kappa shape index (κ2) is 11.5. The van der Waals surface area contributed by atoms with Crippen molar-refractivity contribution in [3.8, 4) is 11.5 Å². The van der Waals surface area contributed by atoms with Gasteiger partial charge in [-0.2, -0.15) is 0 Å². The molecule has 0 radical (unpaired) electrons. The van der Waals surface area contributed by atoms with Crippen molar-refractivity contribution < 1.29 is 19.0 Å². The van der Waals surface area contributed by atoms with Gasteiger partial charge in [0, 0.05) is 26.2 Å². The zero-order valence-corrected chi connectivity index (χ0v) is 23.8. The third-order valence-corrected chi connectivity index (χ3v) is 8.50. The normalized spacial score (nSPS) is 15.8. The van der Waals surface area contributed by atoms with E-state index in [4.69, 9.17) is 8.83 Å². The van der Waals surface area contributed by atoms with Gasteiger partial charge in [-0.3, -0.25) is 9.80 Å². The van der Waals surface area contributed by atoms with E-state index < -0.39 is 23.3 Å². The number of para-hydroxylation sites is 2. The van der Waals surface area contributed by atoms with E-state index in [-0.39, 0.29) is 22.6 Å². The van der Waals surface area contributed by atoms with E-state index in [1.807, 2.05) is 60.7 Å². The van der Waals surface area contributed by atoms with Crippen LogP contribution in [-0.4, -0.2) is 46.2 Å². The second-order valence-electron chi connectivity index (χ2n) is 11.0. The van der Waals surface area contributed by atoms with Crippen LogP contribution in [0.4, 0.5) is 0 Å². The number of aromatic hydroxyl groups is 2. The molecule has 0 amide bonds. The Bertz CT molecular complexity index is 1910. The lowest BCUT2D eigenvalue weighted by atomic mass is 9.94. The number of piperazine rings is 1. The minimum Gasteiger partial charge on any atom is -0.507 e. The predicted octanol–water partition coefficient (Wildman–Crippen LogP) is 5.81. The monoisotopic (exact) mass is 586 g/mol. The molecule has 8 nitrogen and oxygen atoms in total. The molecule has 1 aliphatic rings. The predicted molar refractivity (Wildman–Crippen MR) is 168 cm³/mol. The summed E-state index contributed by atoms with van der Waals surface area (Å²) in [5.74, 6) is -0.178. The molecule has 0 bridgehead atoms. The van der Waals surface area contributed by atoms with Crippen LogP contribution >= 0.6 is 0 Å². The number of hydrogen-bond acceptors (Lipinski definition) is 8. The Balaban J connectivity index is 1.28. The highest BCUT2D eigenvalue weighted by molar-refractivity contribution is 5.85. The molecule has 1 fully saturated rings. The molecule has 2 aromatic heterocycles. The molecule has 0 saturated carbocycles. The Hall–Kier alpha value is -5.18. The summed E-state index contributed by atoms with van der Waals surface area (Å²) in [7, 11) is 0. The maximum atomic E-state index is 13.4. The Morgan fingerprint density at radius 2 is 0.841 bits per heavy atom. The van der Waals surface area contributed by atoms with Crippen LogP contribution < -0.4 is 11.3 Å². The summed E-state index contributed by atoms with van der Waals surface area (Å²) in [5, 5.41) is 23.8. The SMILES string of the molecule is O=c1oc2ccccc2c(O)c1C(c1ccccc1)N1CCN(C(c2ccccc2)c2c(O)c3ccccc3oc2=O)CC1. The van der Waals surface area contributed by atoms with Gasteiger partial charge in [-0.15, -0.1) is 0 Å². The highest BCUT2D eigenvalue weighted by atomic mass is 16.4. The van der Waals surface area contributed by atoms with E-state index in [1.54, 1.807) is 48.5 Å². The molecule has 3 heterocycles. The van der Waals surface area contributed by atoms with E-state index in [1.165, 1.54) is 0 Å². The van der Waals surface area contributed by atoms with Crippen molar-refractivity contribution in [1.82, 2.24) is 9.80 Å². The minimum absolute atomic E-state index is 0.0889. The van der Waals surface area contributed by atoms with Crippen LogP contribution in [0.25, 0.3) is 21.9 Å². The molecule has 2 atom stereocenters. The van der Waals surface area contributed by atoms with Gasteiger partial charge < -0.3 is 19.0 Å². The number of hydrogen-bond donors (Lipinski definition) is 2. The zero-order valence-electron chi connectivity index (χ0n) is 23.8. The molecular formula is C36H30N2O6. The lowest BCUT2D eigenvalue weighted by molar-refractivity contribution is 0.0866. The Kier molecular flexibility index (Phi) is 7.21. The van der Waals surface area contributed by atoms with Gasteiger partial charge in [0.1, 0.15) is 33.8 Å². The Labute approximate surface area is 252 Å². The maximum Gasteiger partial charge on any atom is 0.345 e. The summed E-state index contributed by atoms with van der Waals surface area (Å²) in [5.41, 5.74) is 1.57. The van der Waals surface area contributed by atoms with Crippen molar-refractivity contribution in [3.05, 3.63) is 152 Å². The van der Waals surface area contributed by atoms with E-state index in [0.29, 0.717) is 48.1 Å². The first-order valence-corrected chi connectivity index (χ1v) is 14.6. The largest absolute Gasteiger partial charge is 0.507 e. The molecule has 4 aromatic carbocycles. The zero-order chi connectivity index (χ0) is 30.2. The molecule has 2 N–H and O–H groups in total. The summed E-state index contributed by atoms with van der Waals surface area (Å²) in [6.07, 6.45) is 0. The van der Waals surface area contributed by atoms with Crippen molar-refractivity contribution in [3.63, 3.8) is 0 Å². The lowest BCUT2D eigenvalue weighted by Crippen LogP contribution is -2.50. The van der Waals surface area contributed by atoms with Crippen LogP contribution in [-0.2, 0) is 0 Å². The van der Waals surface area contributed by atoms with Gasteiger partial charge in [-0.1, -0.05) is 84.9 Å². The highest BCUT2D eigenvalue weighted by Gasteiger charge is 2.36. The van der Waals surface area contributed by atoms with E-state index >= 15 is 0 Å². The standard InChI is InChI=1S/C36H30N2O6/c39-33-25-15-7-9-17-27(25)43-35(41)29(33)31(23-11-3-1-4-12-23)37-19-21-38(22-20-37)32(24-13-5-2-6-14-24)30-34(40)26-16-8-10-18-28(26)44-36(30)42/h1-18,31-32,39-40H,19-22H2. The van der Waals surface area contributed by atoms with E-state index in [0.717, 1.165) is 11.1 Å².